The molecule has 0 aliphatic carbocycles. The Labute approximate surface area is 85.2 Å². The topological polar surface area (TPSA) is 86.6 Å². The number of benzene rings is 1. The second-order valence-corrected chi connectivity index (χ2v) is 4.97. The van der Waals surface area contributed by atoms with Crippen molar-refractivity contribution in [3.63, 3.8) is 0 Å². The van der Waals surface area contributed by atoms with Gasteiger partial charge in [-0.05, 0) is 0 Å². The first-order chi connectivity index (χ1) is 6.65. The maximum absolute atomic E-state index is 10.9. The van der Waals surface area contributed by atoms with Gasteiger partial charge < -0.3 is 0 Å². The van der Waals surface area contributed by atoms with E-state index in [0.717, 1.165) is 0 Å². The molecule has 6 heteroatoms. The molecule has 0 saturated carbocycles. The number of carbonyl (C=O) groups excluding carboxylic acids is 1. The summed E-state index contributed by atoms with van der Waals surface area (Å²) >= 11 is -3.44. The Morgan fingerprint density at radius 3 is 2.64 bits per heavy atom. The predicted octanol–water partition coefficient (Wildman–Crippen LogP) is -1.53. The summed E-state index contributed by atoms with van der Waals surface area (Å²) in [7, 11) is 0. The quantitative estimate of drug-likeness (QED) is 0.575. The first kappa shape index (κ1) is 11.0. The van der Waals surface area contributed by atoms with Gasteiger partial charge in [0.15, 0.2) is 0 Å². The van der Waals surface area contributed by atoms with Gasteiger partial charge in [-0.25, -0.2) is 0 Å². The Morgan fingerprint density at radius 1 is 1.43 bits per heavy atom. The Balaban J connectivity index is 2.95. The van der Waals surface area contributed by atoms with E-state index in [9.17, 15) is 8.53 Å². The fourth-order valence-electron chi connectivity index (χ4n) is 0.968. The summed E-state index contributed by atoms with van der Waals surface area (Å²) in [5, 5.41) is 10.8. The SMILES string of the molecule is O=C(CO)Nc1ccccc1[AsH](=O)O. The van der Waals surface area contributed by atoms with Gasteiger partial charge >= 0.3 is 84.8 Å². The van der Waals surface area contributed by atoms with E-state index in [1.807, 2.05) is 0 Å². The van der Waals surface area contributed by atoms with Crippen LogP contribution >= 0.6 is 0 Å². The van der Waals surface area contributed by atoms with Crippen LogP contribution in [-0.4, -0.2) is 36.6 Å². The number of para-hydroxylation sites is 1. The standard InChI is InChI=1S/C8H10AsNO4/c11-5-8(12)10-7-4-2-1-3-6(7)9(13)14/h1-4,9,11H,5H2,(H,10,12)(H,13,14). The summed E-state index contributed by atoms with van der Waals surface area (Å²) < 4.78 is 20.2. The van der Waals surface area contributed by atoms with Crippen molar-refractivity contribution in [3.8, 4) is 0 Å². The van der Waals surface area contributed by atoms with Crippen molar-refractivity contribution < 1.29 is 17.7 Å². The van der Waals surface area contributed by atoms with Crippen LogP contribution in [0.15, 0.2) is 24.3 Å². The molecule has 0 heterocycles. The second-order valence-electron chi connectivity index (χ2n) is 2.56. The molecule has 0 aliphatic heterocycles. The van der Waals surface area contributed by atoms with Crippen LogP contribution in [0, 0.1) is 0 Å². The van der Waals surface area contributed by atoms with Crippen LogP contribution in [0.3, 0.4) is 0 Å². The predicted molar refractivity (Wildman–Crippen MR) is 51.8 cm³/mol. The first-order valence-corrected chi connectivity index (χ1v) is 6.72. The van der Waals surface area contributed by atoms with Crippen molar-refractivity contribution >= 4 is 30.9 Å². The maximum atomic E-state index is 10.9. The molecule has 0 spiro atoms. The van der Waals surface area contributed by atoms with Gasteiger partial charge in [-0.3, -0.25) is 0 Å². The molecule has 1 unspecified atom stereocenters. The third kappa shape index (κ3) is 2.73. The molecule has 0 fully saturated rings. The zero-order valence-corrected chi connectivity index (χ0v) is 9.33. The molecule has 5 nitrogen and oxygen atoms in total. The van der Waals surface area contributed by atoms with Crippen molar-refractivity contribution in [2.24, 2.45) is 0 Å². The van der Waals surface area contributed by atoms with Gasteiger partial charge in [0.05, 0.1) is 0 Å². The Morgan fingerprint density at radius 2 is 2.07 bits per heavy atom. The summed E-state index contributed by atoms with van der Waals surface area (Å²) in [6, 6.07) is 6.25. The van der Waals surface area contributed by atoms with Crippen molar-refractivity contribution in [2.75, 3.05) is 11.9 Å². The number of rotatable bonds is 3. The van der Waals surface area contributed by atoms with Crippen LogP contribution in [0.25, 0.3) is 0 Å². The number of anilines is 1. The molecule has 0 saturated heterocycles. The van der Waals surface area contributed by atoms with Gasteiger partial charge in [0.1, 0.15) is 0 Å². The number of amides is 1. The molecule has 14 heavy (non-hydrogen) atoms. The van der Waals surface area contributed by atoms with Gasteiger partial charge in [0.25, 0.3) is 0 Å². The molecule has 0 bridgehead atoms. The fourth-order valence-corrected chi connectivity index (χ4v) is 2.26. The number of aliphatic hydroxyl groups excluding tert-OH is 1. The minimum absolute atomic E-state index is 0.245. The van der Waals surface area contributed by atoms with Crippen LogP contribution < -0.4 is 9.67 Å². The average Bonchev–Trinajstić information content (AvgIpc) is 2.18. The van der Waals surface area contributed by atoms with Crippen LogP contribution in [0.2, 0.25) is 0 Å². The molecular formula is C8H10AsNO4. The first-order valence-electron chi connectivity index (χ1n) is 3.88. The number of hydrogen-bond donors (Lipinski definition) is 3. The number of aliphatic hydroxyl groups is 1. The van der Waals surface area contributed by atoms with E-state index in [1.165, 1.54) is 12.1 Å². The minimum atomic E-state index is -3.44. The van der Waals surface area contributed by atoms with Crippen molar-refractivity contribution in [2.45, 2.75) is 0 Å². The average molecular weight is 259 g/mol. The van der Waals surface area contributed by atoms with E-state index in [0.29, 0.717) is 5.69 Å². The van der Waals surface area contributed by atoms with Gasteiger partial charge in [-0.15, -0.1) is 0 Å². The molecule has 0 aromatic heterocycles. The van der Waals surface area contributed by atoms with Gasteiger partial charge in [0, 0.05) is 0 Å². The Hall–Kier alpha value is -1.03. The zero-order valence-electron chi connectivity index (χ0n) is 7.23. The number of carbonyl (C=O) groups is 1. The third-order valence-corrected chi connectivity index (χ3v) is 3.46. The third-order valence-electron chi connectivity index (χ3n) is 1.58. The van der Waals surface area contributed by atoms with Crippen molar-refractivity contribution in [1.82, 2.24) is 0 Å². The van der Waals surface area contributed by atoms with Gasteiger partial charge in [0.2, 0.25) is 0 Å². The number of hydrogen-bond acceptors (Lipinski definition) is 3. The molecule has 1 rings (SSSR count). The van der Waals surface area contributed by atoms with E-state index >= 15 is 0 Å². The van der Waals surface area contributed by atoms with Crippen LogP contribution in [0.1, 0.15) is 0 Å². The van der Waals surface area contributed by atoms with Crippen molar-refractivity contribution in [1.29, 1.82) is 0 Å². The molecular weight excluding hydrogens is 249 g/mol. The zero-order chi connectivity index (χ0) is 10.6. The fraction of sp³-hybridized carbons (Fsp3) is 0.125. The molecule has 76 valence electrons. The monoisotopic (exact) mass is 259 g/mol. The van der Waals surface area contributed by atoms with Crippen LogP contribution in [-0.2, 0) is 8.53 Å². The van der Waals surface area contributed by atoms with Gasteiger partial charge in [-0.2, -0.15) is 0 Å². The van der Waals surface area contributed by atoms with Crippen molar-refractivity contribution in [3.05, 3.63) is 24.3 Å². The Kier molecular flexibility index (Phi) is 3.95. The van der Waals surface area contributed by atoms with E-state index in [4.69, 9.17) is 9.20 Å². The molecule has 1 atom stereocenters. The second kappa shape index (κ2) is 5.00. The van der Waals surface area contributed by atoms with E-state index < -0.39 is 27.4 Å². The molecule has 1 aromatic rings. The summed E-state index contributed by atoms with van der Waals surface area (Å²) in [5.41, 5.74) is 0.291. The Bertz CT molecular complexity index is 366. The summed E-state index contributed by atoms with van der Waals surface area (Å²) in [6.45, 7) is -0.645. The van der Waals surface area contributed by atoms with Crippen LogP contribution in [0.4, 0.5) is 5.69 Å². The summed E-state index contributed by atoms with van der Waals surface area (Å²) in [5.74, 6) is -0.600. The van der Waals surface area contributed by atoms with E-state index in [2.05, 4.69) is 5.32 Å². The van der Waals surface area contributed by atoms with E-state index in [1.54, 1.807) is 12.1 Å². The van der Waals surface area contributed by atoms with Crippen LogP contribution in [0.5, 0.6) is 0 Å². The molecule has 0 aliphatic rings. The molecule has 1 aromatic carbocycles. The normalized spacial score (nSPS) is 12.1. The number of nitrogens with one attached hydrogen (secondary N) is 1. The molecule has 0 radical (unpaired) electrons. The molecule has 1 amide bonds. The summed E-state index contributed by atoms with van der Waals surface area (Å²) in [6.07, 6.45) is 0. The van der Waals surface area contributed by atoms with E-state index in [-0.39, 0.29) is 4.35 Å². The van der Waals surface area contributed by atoms with Gasteiger partial charge in [-0.1, -0.05) is 0 Å². The molecule has 3 N–H and O–H groups in total. The summed E-state index contributed by atoms with van der Waals surface area (Å²) in [4.78, 5) is 10.8.